The zero-order chi connectivity index (χ0) is 18.5. The van der Waals surface area contributed by atoms with Gasteiger partial charge in [-0.2, -0.15) is 15.0 Å². The quantitative estimate of drug-likeness (QED) is 0.630. The van der Waals surface area contributed by atoms with Gasteiger partial charge in [0.1, 0.15) is 6.54 Å². The fraction of sp³-hybridized carbons (Fsp3) is 0.250. The zero-order valence-corrected chi connectivity index (χ0v) is 15.2. The Bertz CT molecular complexity index is 862. The van der Waals surface area contributed by atoms with E-state index in [9.17, 15) is 0 Å². The standard InChI is InChI=1S/C20H23N7/c21-19-23-18(24-20(25-19)22-16-7-3-1-4-8-16)15-26-11-13-27(14-12-26)17-9-5-2-6-10-17/h1-10H,11-15H2,(H3,21,22,23,24,25)/p+1. The highest BCUT2D eigenvalue weighted by Gasteiger charge is 2.21. The van der Waals surface area contributed by atoms with Crippen LogP contribution in [0.1, 0.15) is 5.82 Å². The van der Waals surface area contributed by atoms with Crippen LogP contribution >= 0.6 is 0 Å². The highest BCUT2D eigenvalue weighted by molar-refractivity contribution is 5.53. The molecule has 1 aromatic heterocycles. The lowest BCUT2D eigenvalue weighted by Crippen LogP contribution is -3.13. The summed E-state index contributed by atoms with van der Waals surface area (Å²) in [7, 11) is 0. The Labute approximate surface area is 158 Å². The molecule has 2 aromatic carbocycles. The van der Waals surface area contributed by atoms with Gasteiger partial charge in [0.25, 0.3) is 0 Å². The Morgan fingerprint density at radius 1 is 0.889 bits per heavy atom. The van der Waals surface area contributed by atoms with E-state index in [2.05, 4.69) is 55.5 Å². The summed E-state index contributed by atoms with van der Waals surface area (Å²) in [6, 6.07) is 20.4. The molecule has 0 radical (unpaired) electrons. The molecule has 138 valence electrons. The second kappa shape index (κ2) is 8.01. The number of nitrogen functional groups attached to an aromatic ring is 1. The van der Waals surface area contributed by atoms with Crippen LogP contribution in [0.4, 0.5) is 23.3 Å². The molecule has 1 aliphatic rings. The molecule has 2 heterocycles. The predicted octanol–water partition coefficient (Wildman–Crippen LogP) is 1.10. The second-order valence-electron chi connectivity index (χ2n) is 6.67. The Morgan fingerprint density at radius 2 is 1.56 bits per heavy atom. The molecule has 3 aromatic rings. The molecule has 7 heteroatoms. The molecule has 0 aliphatic carbocycles. The minimum atomic E-state index is 0.251. The fourth-order valence-corrected chi connectivity index (χ4v) is 3.34. The molecular weight excluding hydrogens is 338 g/mol. The first-order chi connectivity index (χ1) is 13.3. The van der Waals surface area contributed by atoms with Crippen molar-refractivity contribution < 1.29 is 4.90 Å². The number of aromatic nitrogens is 3. The van der Waals surface area contributed by atoms with Gasteiger partial charge in [0, 0.05) is 11.4 Å². The van der Waals surface area contributed by atoms with Gasteiger partial charge in [0.05, 0.1) is 26.2 Å². The number of para-hydroxylation sites is 2. The lowest BCUT2D eigenvalue weighted by molar-refractivity contribution is -0.915. The molecule has 4 N–H and O–H groups in total. The van der Waals surface area contributed by atoms with Gasteiger partial charge in [-0.1, -0.05) is 36.4 Å². The van der Waals surface area contributed by atoms with Crippen molar-refractivity contribution in [2.45, 2.75) is 6.54 Å². The average molecular weight is 362 g/mol. The van der Waals surface area contributed by atoms with Crippen molar-refractivity contribution in [1.29, 1.82) is 0 Å². The van der Waals surface area contributed by atoms with Gasteiger partial charge in [-0.15, -0.1) is 0 Å². The number of piperazine rings is 1. The van der Waals surface area contributed by atoms with Crippen LogP contribution in [0.2, 0.25) is 0 Å². The van der Waals surface area contributed by atoms with Crippen LogP contribution < -0.4 is 20.9 Å². The number of nitrogens with two attached hydrogens (primary N) is 1. The number of hydrogen-bond acceptors (Lipinski definition) is 6. The van der Waals surface area contributed by atoms with Crippen molar-refractivity contribution in [2.75, 3.05) is 42.1 Å². The first kappa shape index (κ1) is 17.2. The molecule has 27 heavy (non-hydrogen) atoms. The van der Waals surface area contributed by atoms with E-state index in [1.807, 2.05) is 30.3 Å². The van der Waals surface area contributed by atoms with E-state index < -0.39 is 0 Å². The van der Waals surface area contributed by atoms with E-state index >= 15 is 0 Å². The van der Waals surface area contributed by atoms with Crippen LogP contribution in [0.5, 0.6) is 0 Å². The fourth-order valence-electron chi connectivity index (χ4n) is 3.34. The second-order valence-corrected chi connectivity index (χ2v) is 6.67. The van der Waals surface area contributed by atoms with Gasteiger partial charge in [0.2, 0.25) is 11.9 Å². The Morgan fingerprint density at radius 3 is 2.26 bits per heavy atom. The van der Waals surface area contributed by atoms with Gasteiger partial charge in [-0.25, -0.2) is 0 Å². The third kappa shape index (κ3) is 4.51. The lowest BCUT2D eigenvalue weighted by atomic mass is 10.2. The maximum atomic E-state index is 5.90. The average Bonchev–Trinajstić information content (AvgIpc) is 2.70. The molecule has 0 bridgehead atoms. The Balaban J connectivity index is 1.38. The van der Waals surface area contributed by atoms with E-state index in [-0.39, 0.29) is 5.95 Å². The van der Waals surface area contributed by atoms with Crippen molar-refractivity contribution in [3.05, 3.63) is 66.5 Å². The van der Waals surface area contributed by atoms with Crippen molar-refractivity contribution in [3.63, 3.8) is 0 Å². The van der Waals surface area contributed by atoms with Gasteiger partial charge in [-0.3, -0.25) is 0 Å². The minimum Gasteiger partial charge on any atom is -0.368 e. The molecular formula is C20H24N7+. The maximum absolute atomic E-state index is 5.90. The van der Waals surface area contributed by atoms with Crippen molar-refractivity contribution in [1.82, 2.24) is 15.0 Å². The molecule has 1 saturated heterocycles. The highest BCUT2D eigenvalue weighted by Crippen LogP contribution is 2.13. The van der Waals surface area contributed by atoms with Gasteiger partial charge >= 0.3 is 0 Å². The van der Waals surface area contributed by atoms with Crippen molar-refractivity contribution in [3.8, 4) is 0 Å². The molecule has 1 fully saturated rings. The summed E-state index contributed by atoms with van der Waals surface area (Å²) in [6.07, 6.45) is 0. The summed E-state index contributed by atoms with van der Waals surface area (Å²) in [5.74, 6) is 1.47. The molecule has 0 atom stereocenters. The maximum Gasteiger partial charge on any atom is 0.232 e. The number of nitrogens with zero attached hydrogens (tertiary/aromatic N) is 4. The van der Waals surface area contributed by atoms with E-state index in [0.29, 0.717) is 5.95 Å². The largest absolute Gasteiger partial charge is 0.368 e. The van der Waals surface area contributed by atoms with Gasteiger partial charge in [-0.05, 0) is 24.3 Å². The summed E-state index contributed by atoms with van der Waals surface area (Å²) in [5.41, 5.74) is 8.11. The van der Waals surface area contributed by atoms with E-state index in [1.54, 1.807) is 0 Å². The summed E-state index contributed by atoms with van der Waals surface area (Å²) < 4.78 is 0. The monoisotopic (exact) mass is 362 g/mol. The third-order valence-electron chi connectivity index (χ3n) is 4.73. The number of quaternary nitrogens is 1. The van der Waals surface area contributed by atoms with Crippen molar-refractivity contribution >= 4 is 23.3 Å². The zero-order valence-electron chi connectivity index (χ0n) is 15.2. The number of rotatable bonds is 5. The van der Waals surface area contributed by atoms with E-state index in [1.165, 1.54) is 10.6 Å². The van der Waals surface area contributed by atoms with Gasteiger partial charge < -0.3 is 20.9 Å². The van der Waals surface area contributed by atoms with Crippen LogP contribution in [0.25, 0.3) is 0 Å². The highest BCUT2D eigenvalue weighted by atomic mass is 15.3. The summed E-state index contributed by atoms with van der Waals surface area (Å²) in [4.78, 5) is 17.0. The number of nitrogens with one attached hydrogen (secondary N) is 2. The number of benzene rings is 2. The summed E-state index contributed by atoms with van der Waals surface area (Å²) in [5, 5.41) is 3.19. The van der Waals surface area contributed by atoms with Crippen LogP contribution in [-0.2, 0) is 6.54 Å². The number of hydrogen-bond donors (Lipinski definition) is 3. The summed E-state index contributed by atoms with van der Waals surface area (Å²) in [6.45, 7) is 4.88. The van der Waals surface area contributed by atoms with Crippen LogP contribution in [0.3, 0.4) is 0 Å². The molecule has 0 saturated carbocycles. The first-order valence-corrected chi connectivity index (χ1v) is 9.22. The number of anilines is 4. The van der Waals surface area contributed by atoms with E-state index in [4.69, 9.17) is 5.73 Å². The topological polar surface area (TPSA) is 84.4 Å². The normalized spacial score (nSPS) is 14.9. The molecule has 1 aliphatic heterocycles. The molecule has 4 rings (SSSR count). The predicted molar refractivity (Wildman–Crippen MR) is 107 cm³/mol. The van der Waals surface area contributed by atoms with Crippen LogP contribution in [0, 0.1) is 0 Å². The smallest absolute Gasteiger partial charge is 0.232 e. The lowest BCUT2D eigenvalue weighted by Gasteiger charge is -2.33. The van der Waals surface area contributed by atoms with Crippen LogP contribution in [-0.4, -0.2) is 41.1 Å². The molecule has 7 nitrogen and oxygen atoms in total. The Kier molecular flexibility index (Phi) is 5.11. The molecule has 0 unspecified atom stereocenters. The minimum absolute atomic E-state index is 0.251. The summed E-state index contributed by atoms with van der Waals surface area (Å²) >= 11 is 0. The van der Waals surface area contributed by atoms with Crippen molar-refractivity contribution in [2.24, 2.45) is 0 Å². The third-order valence-corrected chi connectivity index (χ3v) is 4.73. The molecule has 0 amide bonds. The van der Waals surface area contributed by atoms with Gasteiger partial charge in [0.15, 0.2) is 5.82 Å². The van der Waals surface area contributed by atoms with Crippen LogP contribution in [0.15, 0.2) is 60.7 Å². The first-order valence-electron chi connectivity index (χ1n) is 9.22. The molecule has 0 spiro atoms. The van der Waals surface area contributed by atoms with E-state index in [0.717, 1.165) is 44.2 Å². The SMILES string of the molecule is Nc1nc(C[NH+]2CCN(c3ccccc3)CC2)nc(Nc2ccccc2)n1. The Hall–Kier alpha value is -3.19.